The van der Waals surface area contributed by atoms with Crippen LogP contribution in [0.5, 0.6) is 0 Å². The molecule has 0 saturated carbocycles. The molecule has 1 unspecified atom stereocenters. The van der Waals surface area contributed by atoms with E-state index in [1.807, 2.05) is 6.92 Å². The fraction of sp³-hybridized carbons (Fsp3) is 0.600. The molecule has 2 amide bonds. The smallest absolute Gasteiger partial charge is 0.318 e. The predicted molar refractivity (Wildman–Crippen MR) is 56.3 cm³/mol. The largest absolute Gasteiger partial charge is 0.481 e. The van der Waals surface area contributed by atoms with Gasteiger partial charge in [0, 0.05) is 13.1 Å². The molecule has 0 spiro atoms. The van der Waals surface area contributed by atoms with Crippen LogP contribution < -0.4 is 5.32 Å². The number of carbonyl (C=O) groups excluding carboxylic acids is 1. The molecule has 2 N–H and O–H groups in total. The van der Waals surface area contributed by atoms with E-state index in [0.29, 0.717) is 6.42 Å². The molecule has 5 heteroatoms. The first kappa shape index (κ1) is 13.3. The van der Waals surface area contributed by atoms with Gasteiger partial charge in [-0.15, -0.1) is 6.42 Å². The second kappa shape index (κ2) is 6.71. The highest BCUT2D eigenvalue weighted by Crippen LogP contribution is 1.98. The lowest BCUT2D eigenvalue weighted by Crippen LogP contribution is -2.43. The molecule has 0 aromatic heterocycles. The number of nitrogens with zero attached hydrogens (tertiary/aromatic N) is 1. The molecule has 0 radical (unpaired) electrons. The van der Waals surface area contributed by atoms with Gasteiger partial charge in [-0.2, -0.15) is 0 Å². The number of carboxylic acids is 1. The minimum atomic E-state index is -0.929. The Kier molecular flexibility index (Phi) is 5.95. The summed E-state index contributed by atoms with van der Waals surface area (Å²) in [5.74, 6) is 1.40. The number of carboxylic acid groups (broad SMARTS) is 1. The zero-order valence-corrected chi connectivity index (χ0v) is 8.99. The van der Waals surface area contributed by atoms with Gasteiger partial charge in [0.25, 0.3) is 0 Å². The molecular weight excluding hydrogens is 196 g/mol. The molecule has 0 saturated heterocycles. The number of nitrogens with one attached hydrogen (secondary N) is 1. The van der Waals surface area contributed by atoms with Gasteiger partial charge in [-0.05, 0) is 6.42 Å². The molecule has 0 rings (SSSR count). The number of amides is 2. The van der Waals surface area contributed by atoms with Crippen LogP contribution in [0.1, 0.15) is 19.8 Å². The van der Waals surface area contributed by atoms with E-state index in [2.05, 4.69) is 11.2 Å². The highest BCUT2D eigenvalue weighted by atomic mass is 16.4. The molecule has 0 aliphatic carbocycles. The van der Waals surface area contributed by atoms with Gasteiger partial charge in [-0.25, -0.2) is 4.79 Å². The average Bonchev–Trinajstić information content (AvgIpc) is 2.16. The first-order valence-electron chi connectivity index (χ1n) is 4.68. The van der Waals surface area contributed by atoms with Gasteiger partial charge in [0.05, 0.1) is 13.0 Å². The summed E-state index contributed by atoms with van der Waals surface area (Å²) in [5.41, 5.74) is 0. The van der Waals surface area contributed by atoms with E-state index in [9.17, 15) is 9.59 Å². The van der Waals surface area contributed by atoms with Crippen molar-refractivity contribution in [2.75, 3.05) is 13.6 Å². The average molecular weight is 212 g/mol. The maximum absolute atomic E-state index is 11.4. The third kappa shape index (κ3) is 5.57. The number of carbonyl (C=O) groups is 2. The normalized spacial score (nSPS) is 11.3. The van der Waals surface area contributed by atoms with Gasteiger partial charge >= 0.3 is 12.0 Å². The Morgan fingerprint density at radius 1 is 1.60 bits per heavy atom. The number of terminal acetylenes is 1. The van der Waals surface area contributed by atoms with Crippen LogP contribution in [0.4, 0.5) is 4.79 Å². The van der Waals surface area contributed by atoms with Gasteiger partial charge in [0.1, 0.15) is 0 Å². The molecule has 15 heavy (non-hydrogen) atoms. The Bertz CT molecular complexity index is 270. The Balaban J connectivity index is 4.12. The van der Waals surface area contributed by atoms with E-state index in [1.54, 1.807) is 7.05 Å². The van der Waals surface area contributed by atoms with Crippen molar-refractivity contribution >= 4 is 12.0 Å². The fourth-order valence-electron chi connectivity index (χ4n) is 1.00. The van der Waals surface area contributed by atoms with Gasteiger partial charge in [0.2, 0.25) is 0 Å². The predicted octanol–water partition coefficient (Wildman–Crippen LogP) is 0.514. The van der Waals surface area contributed by atoms with Gasteiger partial charge in [-0.1, -0.05) is 12.8 Å². The van der Waals surface area contributed by atoms with E-state index >= 15 is 0 Å². The van der Waals surface area contributed by atoms with Crippen molar-refractivity contribution in [2.24, 2.45) is 0 Å². The maximum Gasteiger partial charge on any atom is 0.318 e. The van der Waals surface area contributed by atoms with Gasteiger partial charge in [0.15, 0.2) is 0 Å². The Hall–Kier alpha value is -1.70. The van der Waals surface area contributed by atoms with Crippen molar-refractivity contribution in [1.82, 2.24) is 10.2 Å². The van der Waals surface area contributed by atoms with Crippen LogP contribution >= 0.6 is 0 Å². The highest BCUT2D eigenvalue weighted by Gasteiger charge is 2.15. The summed E-state index contributed by atoms with van der Waals surface area (Å²) in [5, 5.41) is 11.2. The third-order valence-corrected chi connectivity index (χ3v) is 1.92. The van der Waals surface area contributed by atoms with E-state index in [-0.39, 0.29) is 25.0 Å². The molecule has 0 heterocycles. The SMILES string of the molecule is C#CCN(C)C(=O)NC(CC)CC(=O)O. The van der Waals surface area contributed by atoms with Crippen LogP contribution in [0.3, 0.4) is 0 Å². The zero-order valence-electron chi connectivity index (χ0n) is 8.99. The molecule has 1 atom stereocenters. The first-order chi connectivity index (χ1) is 7.01. The molecule has 0 aromatic carbocycles. The van der Waals surface area contributed by atoms with Crippen molar-refractivity contribution in [3.8, 4) is 12.3 Å². The lowest BCUT2D eigenvalue weighted by atomic mass is 10.1. The Morgan fingerprint density at radius 2 is 2.20 bits per heavy atom. The van der Waals surface area contributed by atoms with Crippen LogP contribution in [-0.4, -0.2) is 41.6 Å². The monoisotopic (exact) mass is 212 g/mol. The molecule has 0 aliphatic rings. The van der Waals surface area contributed by atoms with Crippen molar-refractivity contribution in [1.29, 1.82) is 0 Å². The topological polar surface area (TPSA) is 69.6 Å². The summed E-state index contributed by atoms with van der Waals surface area (Å²) in [6.07, 6.45) is 5.54. The molecule has 0 fully saturated rings. The number of aliphatic carboxylic acids is 1. The molecular formula is C10H16N2O3. The molecule has 0 aromatic rings. The molecule has 0 bridgehead atoms. The molecule has 0 aliphatic heterocycles. The minimum absolute atomic E-state index is 0.0772. The summed E-state index contributed by atoms with van der Waals surface area (Å²) < 4.78 is 0. The number of hydrogen-bond donors (Lipinski definition) is 2. The van der Waals surface area contributed by atoms with Gasteiger partial charge in [-0.3, -0.25) is 4.79 Å². The quantitative estimate of drug-likeness (QED) is 0.652. The number of rotatable bonds is 5. The lowest BCUT2D eigenvalue weighted by molar-refractivity contribution is -0.137. The minimum Gasteiger partial charge on any atom is -0.481 e. The van der Waals surface area contributed by atoms with Crippen LogP contribution in [0.15, 0.2) is 0 Å². The molecule has 84 valence electrons. The first-order valence-corrected chi connectivity index (χ1v) is 4.68. The van der Waals surface area contributed by atoms with E-state index in [1.165, 1.54) is 4.90 Å². The van der Waals surface area contributed by atoms with Crippen LogP contribution in [0.2, 0.25) is 0 Å². The van der Waals surface area contributed by atoms with Crippen LogP contribution in [-0.2, 0) is 4.79 Å². The zero-order chi connectivity index (χ0) is 11.8. The number of urea groups is 1. The standard InChI is InChI=1S/C10H16N2O3/c1-4-6-12(3)10(15)11-8(5-2)7-9(13)14/h1,8H,5-7H2,2-3H3,(H,11,15)(H,13,14). The van der Waals surface area contributed by atoms with E-state index in [4.69, 9.17) is 11.5 Å². The second-order valence-corrected chi connectivity index (χ2v) is 3.21. The summed E-state index contributed by atoms with van der Waals surface area (Å²) >= 11 is 0. The van der Waals surface area contributed by atoms with Crippen molar-refractivity contribution in [3.63, 3.8) is 0 Å². The molecule has 5 nitrogen and oxygen atoms in total. The van der Waals surface area contributed by atoms with Gasteiger partial charge < -0.3 is 15.3 Å². The fourth-order valence-corrected chi connectivity index (χ4v) is 1.00. The summed E-state index contributed by atoms with van der Waals surface area (Å²) in [6.45, 7) is 2.02. The Labute approximate surface area is 89.4 Å². The van der Waals surface area contributed by atoms with Crippen molar-refractivity contribution in [3.05, 3.63) is 0 Å². The maximum atomic E-state index is 11.4. The Morgan fingerprint density at radius 3 is 2.60 bits per heavy atom. The number of hydrogen-bond acceptors (Lipinski definition) is 2. The van der Waals surface area contributed by atoms with Crippen LogP contribution in [0, 0.1) is 12.3 Å². The highest BCUT2D eigenvalue weighted by molar-refractivity contribution is 5.75. The summed E-state index contributed by atoms with van der Waals surface area (Å²) in [4.78, 5) is 23.2. The van der Waals surface area contributed by atoms with E-state index in [0.717, 1.165) is 0 Å². The van der Waals surface area contributed by atoms with Crippen molar-refractivity contribution in [2.45, 2.75) is 25.8 Å². The second-order valence-electron chi connectivity index (χ2n) is 3.21. The summed E-state index contributed by atoms with van der Waals surface area (Å²) in [6, 6.07) is -0.698. The van der Waals surface area contributed by atoms with E-state index < -0.39 is 5.97 Å². The summed E-state index contributed by atoms with van der Waals surface area (Å²) in [7, 11) is 1.56. The van der Waals surface area contributed by atoms with Crippen LogP contribution in [0.25, 0.3) is 0 Å². The third-order valence-electron chi connectivity index (χ3n) is 1.92. The van der Waals surface area contributed by atoms with Crippen molar-refractivity contribution < 1.29 is 14.7 Å². The lowest BCUT2D eigenvalue weighted by Gasteiger charge is -2.20.